The molecular weight excluding hydrogens is 227 g/mol. The summed E-state index contributed by atoms with van der Waals surface area (Å²) in [5, 5.41) is 0. The number of halogens is 1. The van der Waals surface area contributed by atoms with E-state index in [-0.39, 0.29) is 17.9 Å². The van der Waals surface area contributed by atoms with E-state index in [9.17, 15) is 4.39 Å². The Balaban J connectivity index is 2.09. The Hall–Kier alpha value is -0.930. The summed E-state index contributed by atoms with van der Waals surface area (Å²) in [5.74, 6) is 0.431. The molecule has 1 heterocycles. The third kappa shape index (κ3) is 2.90. The molecule has 0 saturated carbocycles. The van der Waals surface area contributed by atoms with Crippen molar-refractivity contribution in [1.29, 1.82) is 0 Å². The first-order chi connectivity index (χ1) is 8.59. The number of rotatable bonds is 3. The molecule has 2 N–H and O–H groups in total. The predicted molar refractivity (Wildman–Crippen MR) is 72.8 cm³/mol. The summed E-state index contributed by atoms with van der Waals surface area (Å²) in [6.07, 6.45) is 2.35. The van der Waals surface area contributed by atoms with Gasteiger partial charge in [-0.25, -0.2) is 4.39 Å². The number of hydrogen-bond donors (Lipinski definition) is 1. The molecule has 100 valence electrons. The summed E-state index contributed by atoms with van der Waals surface area (Å²) in [6, 6.07) is 7.43. The molecule has 0 amide bonds. The topological polar surface area (TPSA) is 29.3 Å². The van der Waals surface area contributed by atoms with Crippen molar-refractivity contribution < 1.29 is 4.39 Å². The van der Waals surface area contributed by atoms with Crippen molar-refractivity contribution in [1.82, 2.24) is 4.90 Å². The molecule has 0 radical (unpaired) electrons. The maximum absolute atomic E-state index is 13.8. The van der Waals surface area contributed by atoms with Gasteiger partial charge in [-0.1, -0.05) is 18.2 Å². The summed E-state index contributed by atoms with van der Waals surface area (Å²) >= 11 is 0. The monoisotopic (exact) mass is 250 g/mol. The summed E-state index contributed by atoms with van der Waals surface area (Å²) in [5.41, 5.74) is 6.79. The van der Waals surface area contributed by atoms with Gasteiger partial charge in [-0.15, -0.1) is 0 Å². The van der Waals surface area contributed by atoms with Crippen LogP contribution in [0.2, 0.25) is 0 Å². The largest absolute Gasteiger partial charge is 0.328 e. The summed E-state index contributed by atoms with van der Waals surface area (Å²) in [6.45, 7) is 6.18. The second-order valence-corrected chi connectivity index (χ2v) is 5.45. The molecule has 1 saturated heterocycles. The van der Waals surface area contributed by atoms with Crippen LogP contribution >= 0.6 is 0 Å². The molecule has 1 aromatic carbocycles. The quantitative estimate of drug-likeness (QED) is 0.893. The first-order valence-corrected chi connectivity index (χ1v) is 6.83. The van der Waals surface area contributed by atoms with Gasteiger partial charge in [0.2, 0.25) is 0 Å². The predicted octanol–water partition coefficient (Wildman–Crippen LogP) is 2.95. The highest BCUT2D eigenvalue weighted by Crippen LogP contribution is 2.28. The van der Waals surface area contributed by atoms with E-state index >= 15 is 0 Å². The maximum Gasteiger partial charge on any atom is 0.127 e. The number of piperidine rings is 1. The van der Waals surface area contributed by atoms with Gasteiger partial charge in [0.25, 0.3) is 0 Å². The highest BCUT2D eigenvalue weighted by molar-refractivity contribution is 5.20. The molecule has 3 unspecified atom stereocenters. The van der Waals surface area contributed by atoms with Crippen LogP contribution in [-0.2, 0) is 0 Å². The van der Waals surface area contributed by atoms with Crippen LogP contribution in [0.1, 0.15) is 38.3 Å². The zero-order valence-corrected chi connectivity index (χ0v) is 11.3. The second-order valence-electron chi connectivity index (χ2n) is 5.45. The molecule has 2 rings (SSSR count). The highest BCUT2D eigenvalue weighted by atomic mass is 19.1. The average molecular weight is 250 g/mol. The first-order valence-electron chi connectivity index (χ1n) is 6.83. The summed E-state index contributed by atoms with van der Waals surface area (Å²) in [4.78, 5) is 2.36. The number of nitrogens with two attached hydrogens (primary N) is 1. The second kappa shape index (κ2) is 5.81. The highest BCUT2D eigenvalue weighted by Gasteiger charge is 2.27. The Bertz CT molecular complexity index is 392. The van der Waals surface area contributed by atoms with Crippen LogP contribution in [0.5, 0.6) is 0 Å². The van der Waals surface area contributed by atoms with Gasteiger partial charge >= 0.3 is 0 Å². The normalized spacial score (nSPS) is 24.8. The van der Waals surface area contributed by atoms with E-state index in [1.165, 1.54) is 6.42 Å². The van der Waals surface area contributed by atoms with Crippen molar-refractivity contribution in [3.8, 4) is 0 Å². The molecule has 0 aliphatic carbocycles. The molecule has 1 fully saturated rings. The third-order valence-corrected chi connectivity index (χ3v) is 4.14. The minimum atomic E-state index is -0.104. The Morgan fingerprint density at radius 2 is 2.06 bits per heavy atom. The van der Waals surface area contributed by atoms with Crippen molar-refractivity contribution in [2.45, 2.75) is 38.8 Å². The summed E-state index contributed by atoms with van der Waals surface area (Å²) < 4.78 is 13.8. The van der Waals surface area contributed by atoms with Gasteiger partial charge in [0.1, 0.15) is 5.82 Å². The van der Waals surface area contributed by atoms with E-state index in [1.54, 1.807) is 12.1 Å². The van der Waals surface area contributed by atoms with Gasteiger partial charge in [-0.3, -0.25) is 4.90 Å². The molecule has 18 heavy (non-hydrogen) atoms. The minimum absolute atomic E-state index is 0.104. The van der Waals surface area contributed by atoms with Crippen LogP contribution in [0.4, 0.5) is 4.39 Å². The Labute approximate surface area is 109 Å². The number of hydrogen-bond acceptors (Lipinski definition) is 2. The van der Waals surface area contributed by atoms with Crippen molar-refractivity contribution in [2.75, 3.05) is 13.1 Å². The fourth-order valence-corrected chi connectivity index (χ4v) is 2.83. The zero-order valence-electron chi connectivity index (χ0n) is 11.3. The Morgan fingerprint density at radius 3 is 2.72 bits per heavy atom. The number of nitrogens with zero attached hydrogens (tertiary/aromatic N) is 1. The molecule has 0 bridgehead atoms. The van der Waals surface area contributed by atoms with Gasteiger partial charge in [0, 0.05) is 24.2 Å². The summed E-state index contributed by atoms with van der Waals surface area (Å²) in [7, 11) is 0. The van der Waals surface area contributed by atoms with E-state index in [2.05, 4.69) is 18.7 Å². The minimum Gasteiger partial charge on any atom is -0.328 e. The van der Waals surface area contributed by atoms with Crippen LogP contribution in [0, 0.1) is 11.7 Å². The van der Waals surface area contributed by atoms with E-state index in [1.807, 2.05) is 12.1 Å². The van der Waals surface area contributed by atoms with Crippen molar-refractivity contribution in [3.05, 3.63) is 35.6 Å². The Morgan fingerprint density at radius 1 is 1.33 bits per heavy atom. The molecule has 3 atom stereocenters. The van der Waals surface area contributed by atoms with Gasteiger partial charge < -0.3 is 5.73 Å². The smallest absolute Gasteiger partial charge is 0.127 e. The fourth-order valence-electron chi connectivity index (χ4n) is 2.83. The van der Waals surface area contributed by atoms with E-state index in [4.69, 9.17) is 5.73 Å². The molecular formula is C15H23FN2. The van der Waals surface area contributed by atoms with E-state index < -0.39 is 0 Å². The number of likely N-dealkylation sites (tertiary alicyclic amines) is 1. The van der Waals surface area contributed by atoms with Crippen LogP contribution in [0.25, 0.3) is 0 Å². The molecule has 1 aliphatic rings. The van der Waals surface area contributed by atoms with Crippen molar-refractivity contribution in [3.63, 3.8) is 0 Å². The van der Waals surface area contributed by atoms with Crippen LogP contribution in [-0.4, -0.2) is 24.0 Å². The van der Waals surface area contributed by atoms with Crippen LogP contribution < -0.4 is 5.73 Å². The van der Waals surface area contributed by atoms with Gasteiger partial charge in [0.05, 0.1) is 0 Å². The molecule has 0 spiro atoms. The molecule has 1 aromatic rings. The standard InChI is InChI=1S/C15H23FN2/c1-11(17)13-6-5-9-18(10-13)12(2)14-7-3-4-8-15(14)16/h3-4,7-8,11-13H,5-6,9-10,17H2,1-2H3. The lowest BCUT2D eigenvalue weighted by atomic mass is 9.90. The SMILES string of the molecule is CC(N)C1CCCN(C(C)c2ccccc2F)C1. The average Bonchev–Trinajstić information content (AvgIpc) is 2.38. The van der Waals surface area contributed by atoms with E-state index in [0.29, 0.717) is 5.92 Å². The molecule has 1 aliphatic heterocycles. The van der Waals surface area contributed by atoms with Crippen molar-refractivity contribution in [2.24, 2.45) is 11.7 Å². The van der Waals surface area contributed by atoms with Crippen molar-refractivity contribution >= 4 is 0 Å². The molecule has 3 heteroatoms. The lowest BCUT2D eigenvalue weighted by molar-refractivity contribution is 0.120. The fraction of sp³-hybridized carbons (Fsp3) is 0.600. The molecule has 2 nitrogen and oxygen atoms in total. The lowest BCUT2D eigenvalue weighted by Gasteiger charge is -2.38. The maximum atomic E-state index is 13.8. The van der Waals surface area contributed by atoms with Crippen LogP contribution in [0.3, 0.4) is 0 Å². The zero-order chi connectivity index (χ0) is 13.1. The first kappa shape index (κ1) is 13.5. The number of benzene rings is 1. The van der Waals surface area contributed by atoms with E-state index in [0.717, 1.165) is 25.1 Å². The lowest BCUT2D eigenvalue weighted by Crippen LogP contribution is -2.43. The molecule has 0 aromatic heterocycles. The third-order valence-electron chi connectivity index (χ3n) is 4.14. The van der Waals surface area contributed by atoms with Gasteiger partial charge in [0.15, 0.2) is 0 Å². The van der Waals surface area contributed by atoms with Gasteiger partial charge in [-0.2, -0.15) is 0 Å². The van der Waals surface area contributed by atoms with Gasteiger partial charge in [-0.05, 0) is 45.2 Å². The Kier molecular flexibility index (Phi) is 4.36. The van der Waals surface area contributed by atoms with Crippen LogP contribution in [0.15, 0.2) is 24.3 Å².